The first-order valence-electron chi connectivity index (χ1n) is 7.48. The maximum atomic E-state index is 5.70. The van der Waals surface area contributed by atoms with Crippen LogP contribution in [0.1, 0.15) is 25.3 Å². The first kappa shape index (κ1) is 15.2. The number of anilines is 1. The van der Waals surface area contributed by atoms with Crippen LogP contribution in [0.25, 0.3) is 0 Å². The second-order valence-corrected chi connectivity index (χ2v) is 5.01. The SMILES string of the molecule is CCCc1ccc(OCCCOc2ccc(N)cc2)cc1. The molecule has 0 unspecified atom stereocenters. The van der Waals surface area contributed by atoms with Crippen LogP contribution >= 0.6 is 0 Å². The van der Waals surface area contributed by atoms with E-state index in [0.29, 0.717) is 13.2 Å². The van der Waals surface area contributed by atoms with Crippen LogP contribution in [0, 0.1) is 0 Å². The molecule has 3 heteroatoms. The van der Waals surface area contributed by atoms with Crippen molar-refractivity contribution in [1.29, 1.82) is 0 Å². The van der Waals surface area contributed by atoms with Crippen molar-refractivity contribution in [1.82, 2.24) is 0 Å². The van der Waals surface area contributed by atoms with E-state index in [9.17, 15) is 0 Å². The van der Waals surface area contributed by atoms with Crippen LogP contribution in [0.4, 0.5) is 5.69 Å². The summed E-state index contributed by atoms with van der Waals surface area (Å²) in [6, 6.07) is 15.8. The predicted octanol–water partition coefficient (Wildman–Crippen LogP) is 4.07. The average molecular weight is 285 g/mol. The highest BCUT2D eigenvalue weighted by atomic mass is 16.5. The molecule has 0 aromatic heterocycles. The summed E-state index contributed by atoms with van der Waals surface area (Å²) < 4.78 is 11.3. The molecule has 0 saturated heterocycles. The molecule has 0 fully saturated rings. The molecule has 0 bridgehead atoms. The lowest BCUT2D eigenvalue weighted by Crippen LogP contribution is -2.05. The Morgan fingerprint density at radius 2 is 1.33 bits per heavy atom. The molecule has 2 aromatic rings. The molecule has 0 heterocycles. The van der Waals surface area contributed by atoms with Gasteiger partial charge in [0.05, 0.1) is 13.2 Å². The van der Waals surface area contributed by atoms with Gasteiger partial charge in [-0.25, -0.2) is 0 Å². The normalized spacial score (nSPS) is 10.3. The Labute approximate surface area is 126 Å². The minimum atomic E-state index is 0.637. The fourth-order valence-electron chi connectivity index (χ4n) is 2.04. The van der Waals surface area contributed by atoms with Gasteiger partial charge in [0.25, 0.3) is 0 Å². The third-order valence-corrected chi connectivity index (χ3v) is 3.17. The summed E-state index contributed by atoms with van der Waals surface area (Å²) in [5, 5.41) is 0. The molecule has 21 heavy (non-hydrogen) atoms. The summed E-state index contributed by atoms with van der Waals surface area (Å²) in [5.74, 6) is 1.76. The molecule has 2 N–H and O–H groups in total. The molecule has 0 radical (unpaired) electrons. The smallest absolute Gasteiger partial charge is 0.119 e. The lowest BCUT2D eigenvalue weighted by atomic mass is 10.1. The van der Waals surface area contributed by atoms with Crippen LogP contribution in [0.2, 0.25) is 0 Å². The third-order valence-electron chi connectivity index (χ3n) is 3.17. The largest absolute Gasteiger partial charge is 0.493 e. The van der Waals surface area contributed by atoms with Crippen LogP contribution in [-0.4, -0.2) is 13.2 Å². The average Bonchev–Trinajstić information content (AvgIpc) is 2.51. The maximum Gasteiger partial charge on any atom is 0.119 e. The number of hydrogen-bond donors (Lipinski definition) is 1. The fourth-order valence-corrected chi connectivity index (χ4v) is 2.04. The molecular formula is C18H23NO2. The monoisotopic (exact) mass is 285 g/mol. The molecule has 0 aliphatic rings. The number of hydrogen-bond acceptors (Lipinski definition) is 3. The van der Waals surface area contributed by atoms with Gasteiger partial charge in [-0.05, 0) is 48.4 Å². The van der Waals surface area contributed by atoms with E-state index >= 15 is 0 Å². The van der Waals surface area contributed by atoms with Crippen LogP contribution in [0.15, 0.2) is 48.5 Å². The van der Waals surface area contributed by atoms with Crippen LogP contribution in [0.3, 0.4) is 0 Å². The zero-order valence-corrected chi connectivity index (χ0v) is 12.5. The molecule has 0 amide bonds. The first-order valence-corrected chi connectivity index (χ1v) is 7.48. The number of aryl methyl sites for hydroxylation is 1. The molecule has 3 nitrogen and oxygen atoms in total. The summed E-state index contributed by atoms with van der Waals surface area (Å²) >= 11 is 0. The van der Waals surface area contributed by atoms with Crippen molar-refractivity contribution in [3.63, 3.8) is 0 Å². The number of ether oxygens (including phenoxy) is 2. The fraction of sp³-hybridized carbons (Fsp3) is 0.333. The molecule has 112 valence electrons. The molecule has 2 rings (SSSR count). The van der Waals surface area contributed by atoms with Crippen molar-refractivity contribution in [3.05, 3.63) is 54.1 Å². The van der Waals surface area contributed by atoms with Crippen molar-refractivity contribution in [2.75, 3.05) is 18.9 Å². The van der Waals surface area contributed by atoms with E-state index in [2.05, 4.69) is 19.1 Å². The Balaban J connectivity index is 1.64. The molecule has 0 spiro atoms. The Morgan fingerprint density at radius 1 is 0.810 bits per heavy atom. The van der Waals surface area contributed by atoms with E-state index in [-0.39, 0.29) is 0 Å². The van der Waals surface area contributed by atoms with Crippen molar-refractivity contribution >= 4 is 5.69 Å². The van der Waals surface area contributed by atoms with Gasteiger partial charge in [-0.3, -0.25) is 0 Å². The van der Waals surface area contributed by atoms with Gasteiger partial charge in [0, 0.05) is 12.1 Å². The van der Waals surface area contributed by atoms with Gasteiger partial charge in [-0.2, -0.15) is 0 Å². The lowest BCUT2D eigenvalue weighted by molar-refractivity contribution is 0.247. The van der Waals surface area contributed by atoms with E-state index in [4.69, 9.17) is 15.2 Å². The Hall–Kier alpha value is -2.16. The molecule has 0 aliphatic carbocycles. The highest BCUT2D eigenvalue weighted by Gasteiger charge is 1.97. The minimum Gasteiger partial charge on any atom is -0.493 e. The van der Waals surface area contributed by atoms with Crippen molar-refractivity contribution in [3.8, 4) is 11.5 Å². The van der Waals surface area contributed by atoms with E-state index in [1.165, 1.54) is 12.0 Å². The Kier molecular flexibility index (Phi) is 5.95. The zero-order valence-electron chi connectivity index (χ0n) is 12.5. The van der Waals surface area contributed by atoms with Gasteiger partial charge in [0.15, 0.2) is 0 Å². The highest BCUT2D eigenvalue weighted by Crippen LogP contribution is 2.15. The number of nitrogens with two attached hydrogens (primary N) is 1. The maximum absolute atomic E-state index is 5.70. The minimum absolute atomic E-state index is 0.637. The summed E-state index contributed by atoms with van der Waals surface area (Å²) in [5.41, 5.74) is 7.73. The van der Waals surface area contributed by atoms with Gasteiger partial charge in [-0.1, -0.05) is 25.5 Å². The van der Waals surface area contributed by atoms with Crippen molar-refractivity contribution in [2.45, 2.75) is 26.2 Å². The molecule has 0 saturated carbocycles. The van der Waals surface area contributed by atoms with Gasteiger partial charge in [0.1, 0.15) is 11.5 Å². The number of nitrogen functional groups attached to an aromatic ring is 1. The summed E-state index contributed by atoms with van der Waals surface area (Å²) in [7, 11) is 0. The van der Waals surface area contributed by atoms with Crippen LogP contribution < -0.4 is 15.2 Å². The third kappa shape index (κ3) is 5.38. The summed E-state index contributed by atoms with van der Waals surface area (Å²) in [4.78, 5) is 0. The molecular weight excluding hydrogens is 262 g/mol. The Morgan fingerprint density at radius 3 is 1.86 bits per heavy atom. The van der Waals surface area contributed by atoms with Crippen LogP contribution in [0.5, 0.6) is 11.5 Å². The summed E-state index contributed by atoms with van der Waals surface area (Å²) in [6.45, 7) is 3.48. The summed E-state index contributed by atoms with van der Waals surface area (Å²) in [6.07, 6.45) is 3.14. The van der Waals surface area contributed by atoms with Gasteiger partial charge >= 0.3 is 0 Å². The van der Waals surface area contributed by atoms with E-state index in [1.54, 1.807) is 0 Å². The molecule has 0 aliphatic heterocycles. The van der Waals surface area contributed by atoms with E-state index in [1.807, 2.05) is 36.4 Å². The zero-order chi connectivity index (χ0) is 14.9. The van der Waals surface area contributed by atoms with Gasteiger partial charge in [0.2, 0.25) is 0 Å². The molecule has 2 aromatic carbocycles. The second-order valence-electron chi connectivity index (χ2n) is 5.01. The van der Waals surface area contributed by atoms with E-state index < -0.39 is 0 Å². The quantitative estimate of drug-likeness (QED) is 0.587. The van der Waals surface area contributed by atoms with E-state index in [0.717, 1.165) is 30.0 Å². The van der Waals surface area contributed by atoms with Gasteiger partial charge < -0.3 is 15.2 Å². The number of rotatable bonds is 8. The van der Waals surface area contributed by atoms with Crippen molar-refractivity contribution in [2.24, 2.45) is 0 Å². The van der Waals surface area contributed by atoms with Crippen molar-refractivity contribution < 1.29 is 9.47 Å². The lowest BCUT2D eigenvalue weighted by Gasteiger charge is -2.08. The number of benzene rings is 2. The Bertz CT molecular complexity index is 520. The van der Waals surface area contributed by atoms with Gasteiger partial charge in [-0.15, -0.1) is 0 Å². The topological polar surface area (TPSA) is 44.5 Å². The standard InChI is InChI=1S/C18H23NO2/c1-2-4-15-5-9-17(10-6-15)20-13-3-14-21-18-11-7-16(19)8-12-18/h5-12H,2-4,13-14,19H2,1H3. The second kappa shape index (κ2) is 8.20. The predicted molar refractivity (Wildman–Crippen MR) is 86.9 cm³/mol. The van der Waals surface area contributed by atoms with Crippen LogP contribution in [-0.2, 0) is 6.42 Å². The highest BCUT2D eigenvalue weighted by molar-refractivity contribution is 5.41. The molecule has 0 atom stereocenters. The first-order chi connectivity index (χ1) is 10.3.